The van der Waals surface area contributed by atoms with Gasteiger partial charge in [-0.15, -0.1) is 0 Å². The molecule has 2 N–H and O–H groups in total. The van der Waals surface area contributed by atoms with E-state index in [9.17, 15) is 0 Å². The summed E-state index contributed by atoms with van der Waals surface area (Å²) in [4.78, 5) is 12.1. The molecule has 0 amide bonds. The van der Waals surface area contributed by atoms with Crippen molar-refractivity contribution < 1.29 is 4.52 Å². The Hall–Kier alpha value is -1.82. The third kappa shape index (κ3) is 1.92. The lowest BCUT2D eigenvalue weighted by molar-refractivity contribution is 0.311. The maximum atomic E-state index is 5.63. The van der Waals surface area contributed by atoms with Gasteiger partial charge in [0.05, 0.1) is 5.41 Å². The smallest absolute Gasteiger partial charge is 0.233 e. The highest BCUT2D eigenvalue weighted by Gasteiger charge is 2.26. The monoisotopic (exact) mass is 219 g/mol. The van der Waals surface area contributed by atoms with E-state index in [1.165, 1.54) is 6.33 Å². The molecule has 2 aromatic rings. The maximum Gasteiger partial charge on any atom is 0.233 e. The summed E-state index contributed by atoms with van der Waals surface area (Å²) >= 11 is 0. The van der Waals surface area contributed by atoms with E-state index >= 15 is 0 Å². The fourth-order valence-electron chi connectivity index (χ4n) is 1.11. The zero-order valence-corrected chi connectivity index (χ0v) is 9.21. The number of nitrogens with two attached hydrogens (primary N) is 1. The minimum Gasteiger partial charge on any atom is -0.338 e. The number of aromatic nitrogens is 4. The maximum absolute atomic E-state index is 5.63. The second-order valence-electron chi connectivity index (χ2n) is 4.11. The molecule has 84 valence electrons. The van der Waals surface area contributed by atoms with Gasteiger partial charge < -0.3 is 10.3 Å². The molecule has 0 aliphatic carbocycles. The van der Waals surface area contributed by atoms with Crippen molar-refractivity contribution in [1.29, 1.82) is 0 Å². The van der Waals surface area contributed by atoms with E-state index < -0.39 is 0 Å². The third-order valence-electron chi connectivity index (χ3n) is 2.33. The lowest BCUT2D eigenvalue weighted by Gasteiger charge is -2.15. The van der Waals surface area contributed by atoms with E-state index in [4.69, 9.17) is 10.3 Å². The van der Waals surface area contributed by atoms with Crippen LogP contribution in [0.15, 0.2) is 23.1 Å². The predicted octanol–water partition coefficient (Wildman–Crippen LogP) is 0.763. The van der Waals surface area contributed by atoms with Crippen LogP contribution in [0.2, 0.25) is 0 Å². The van der Waals surface area contributed by atoms with E-state index in [0.717, 1.165) is 0 Å². The van der Waals surface area contributed by atoms with Crippen molar-refractivity contribution in [2.24, 2.45) is 5.73 Å². The Kier molecular flexibility index (Phi) is 2.66. The van der Waals surface area contributed by atoms with Crippen LogP contribution >= 0.6 is 0 Å². The van der Waals surface area contributed by atoms with Crippen LogP contribution in [-0.4, -0.2) is 26.7 Å². The van der Waals surface area contributed by atoms with Crippen LogP contribution in [0.3, 0.4) is 0 Å². The molecule has 0 aromatic carbocycles. The molecule has 0 radical (unpaired) electrons. The van der Waals surface area contributed by atoms with Gasteiger partial charge in [0.1, 0.15) is 12.0 Å². The molecule has 6 nitrogen and oxygen atoms in total. The normalized spacial score (nSPS) is 11.7. The van der Waals surface area contributed by atoms with Crippen molar-refractivity contribution in [2.75, 3.05) is 6.54 Å². The second-order valence-corrected chi connectivity index (χ2v) is 4.11. The molecule has 0 bridgehead atoms. The molecule has 2 aromatic heterocycles. The summed E-state index contributed by atoms with van der Waals surface area (Å²) < 4.78 is 5.17. The fourth-order valence-corrected chi connectivity index (χ4v) is 1.11. The van der Waals surface area contributed by atoms with Crippen molar-refractivity contribution in [3.8, 4) is 11.5 Å². The van der Waals surface area contributed by atoms with Gasteiger partial charge in [-0.2, -0.15) is 4.98 Å². The molecule has 2 rings (SSSR count). The van der Waals surface area contributed by atoms with E-state index in [1.807, 2.05) is 13.8 Å². The van der Waals surface area contributed by atoms with Crippen LogP contribution in [0.5, 0.6) is 0 Å². The molecule has 0 aliphatic rings. The Morgan fingerprint density at radius 1 is 1.44 bits per heavy atom. The zero-order chi connectivity index (χ0) is 11.6. The van der Waals surface area contributed by atoms with Crippen LogP contribution in [0.4, 0.5) is 0 Å². The quantitative estimate of drug-likeness (QED) is 0.819. The molecular weight excluding hydrogens is 206 g/mol. The van der Waals surface area contributed by atoms with E-state index in [-0.39, 0.29) is 5.41 Å². The first-order valence-electron chi connectivity index (χ1n) is 4.94. The van der Waals surface area contributed by atoms with Crippen molar-refractivity contribution in [3.05, 3.63) is 24.5 Å². The molecule has 0 saturated carbocycles. The molecule has 0 fully saturated rings. The molecule has 0 aliphatic heterocycles. The lowest BCUT2D eigenvalue weighted by Crippen LogP contribution is -2.28. The Morgan fingerprint density at radius 2 is 2.25 bits per heavy atom. The molecule has 16 heavy (non-hydrogen) atoms. The number of hydrogen-bond donors (Lipinski definition) is 1. The van der Waals surface area contributed by atoms with Gasteiger partial charge in [-0.3, -0.25) is 0 Å². The minimum atomic E-state index is -0.321. The molecule has 2 heterocycles. The number of rotatable bonds is 3. The molecule has 6 heteroatoms. The van der Waals surface area contributed by atoms with Gasteiger partial charge in [-0.05, 0) is 19.9 Å². The molecule has 0 spiro atoms. The largest absolute Gasteiger partial charge is 0.338 e. The van der Waals surface area contributed by atoms with Gasteiger partial charge >= 0.3 is 0 Å². The Morgan fingerprint density at radius 3 is 2.88 bits per heavy atom. The van der Waals surface area contributed by atoms with Gasteiger partial charge in [-0.25, -0.2) is 9.97 Å². The minimum absolute atomic E-state index is 0.321. The summed E-state index contributed by atoms with van der Waals surface area (Å²) in [6.07, 6.45) is 3.08. The highest BCUT2D eigenvalue weighted by molar-refractivity contribution is 5.46. The number of hydrogen-bond acceptors (Lipinski definition) is 6. The van der Waals surface area contributed by atoms with Crippen LogP contribution in [0.25, 0.3) is 11.5 Å². The summed E-state index contributed by atoms with van der Waals surface area (Å²) in [5.74, 6) is 0.975. The van der Waals surface area contributed by atoms with Crippen molar-refractivity contribution in [2.45, 2.75) is 19.3 Å². The summed E-state index contributed by atoms with van der Waals surface area (Å²) in [5, 5.41) is 3.87. The van der Waals surface area contributed by atoms with Gasteiger partial charge in [0.25, 0.3) is 0 Å². The predicted molar refractivity (Wildman–Crippen MR) is 57.4 cm³/mol. The van der Waals surface area contributed by atoms with Crippen molar-refractivity contribution >= 4 is 0 Å². The van der Waals surface area contributed by atoms with Gasteiger partial charge in [0, 0.05) is 12.7 Å². The van der Waals surface area contributed by atoms with Crippen LogP contribution < -0.4 is 5.73 Å². The van der Waals surface area contributed by atoms with Crippen LogP contribution in [0, 0.1) is 0 Å². The van der Waals surface area contributed by atoms with E-state index in [2.05, 4.69) is 20.1 Å². The first-order valence-corrected chi connectivity index (χ1v) is 4.94. The molecule has 0 unspecified atom stereocenters. The Labute approximate surface area is 92.9 Å². The summed E-state index contributed by atoms with van der Waals surface area (Å²) in [6, 6.07) is 1.73. The average molecular weight is 219 g/mol. The third-order valence-corrected chi connectivity index (χ3v) is 2.33. The SMILES string of the molecule is CC(C)(CN)c1nc(-c2ccncn2)no1. The topological polar surface area (TPSA) is 90.7 Å². The van der Waals surface area contributed by atoms with Gasteiger partial charge in [0.15, 0.2) is 0 Å². The standard InChI is InChI=1S/C10H13N5O/c1-10(2,5-11)9-14-8(15-16-9)7-3-4-12-6-13-7/h3-4,6H,5,11H2,1-2H3. The summed E-state index contributed by atoms with van der Waals surface area (Å²) in [7, 11) is 0. The zero-order valence-electron chi connectivity index (χ0n) is 9.21. The lowest BCUT2D eigenvalue weighted by atomic mass is 9.94. The fraction of sp³-hybridized carbons (Fsp3) is 0.400. The Balaban J connectivity index is 2.34. The van der Waals surface area contributed by atoms with E-state index in [1.54, 1.807) is 12.3 Å². The van der Waals surface area contributed by atoms with Crippen LogP contribution in [-0.2, 0) is 5.41 Å². The average Bonchev–Trinajstić information content (AvgIpc) is 2.80. The molecule has 0 saturated heterocycles. The van der Waals surface area contributed by atoms with Crippen molar-refractivity contribution in [3.63, 3.8) is 0 Å². The summed E-state index contributed by atoms with van der Waals surface area (Å²) in [5.41, 5.74) is 5.95. The van der Waals surface area contributed by atoms with Crippen LogP contribution in [0.1, 0.15) is 19.7 Å². The second kappa shape index (κ2) is 3.97. The highest BCUT2D eigenvalue weighted by atomic mass is 16.5. The van der Waals surface area contributed by atoms with Gasteiger partial charge in [0.2, 0.25) is 11.7 Å². The van der Waals surface area contributed by atoms with Gasteiger partial charge in [-0.1, -0.05) is 5.16 Å². The van der Waals surface area contributed by atoms with Crippen molar-refractivity contribution in [1.82, 2.24) is 20.1 Å². The summed E-state index contributed by atoms with van der Waals surface area (Å²) in [6.45, 7) is 4.34. The first-order chi connectivity index (χ1) is 7.63. The molecule has 0 atom stereocenters. The first kappa shape index (κ1) is 10.7. The molecular formula is C10H13N5O. The Bertz CT molecular complexity index is 465. The highest BCUT2D eigenvalue weighted by Crippen LogP contribution is 2.22. The van der Waals surface area contributed by atoms with E-state index in [0.29, 0.717) is 24.0 Å². The number of nitrogens with zero attached hydrogens (tertiary/aromatic N) is 4.